The van der Waals surface area contributed by atoms with E-state index in [2.05, 4.69) is 20.4 Å². The Kier molecular flexibility index (Phi) is 3.69. The Bertz CT molecular complexity index is 462. The zero-order chi connectivity index (χ0) is 13.2. The minimum absolute atomic E-state index is 0.0839. The van der Waals surface area contributed by atoms with Crippen molar-refractivity contribution in [3.63, 3.8) is 0 Å². The molecule has 104 valence electrons. The molecule has 1 aromatic heterocycles. The average Bonchev–Trinajstić information content (AvgIpc) is 3.12. The van der Waals surface area contributed by atoms with E-state index in [-0.39, 0.29) is 12.5 Å². The lowest BCUT2D eigenvalue weighted by molar-refractivity contribution is -0.138. The summed E-state index contributed by atoms with van der Waals surface area (Å²) in [5.74, 6) is 2.04. The Balaban J connectivity index is 1.68. The van der Waals surface area contributed by atoms with E-state index < -0.39 is 5.97 Å². The van der Waals surface area contributed by atoms with Crippen LogP contribution in [0.3, 0.4) is 0 Å². The summed E-state index contributed by atoms with van der Waals surface area (Å²) in [6.07, 6.45) is 2.48. The molecule has 2 aliphatic rings. The molecule has 1 saturated carbocycles. The second-order valence-corrected chi connectivity index (χ2v) is 6.22. The molecule has 0 aromatic carbocycles. The number of thioether (sulfide) groups is 1. The minimum atomic E-state index is -0.737. The van der Waals surface area contributed by atoms with Gasteiger partial charge < -0.3 is 5.11 Å². The van der Waals surface area contributed by atoms with Crippen molar-refractivity contribution in [1.82, 2.24) is 25.1 Å². The maximum absolute atomic E-state index is 10.9. The number of hydrogen-bond acceptors (Lipinski definition) is 6. The first-order valence-electron chi connectivity index (χ1n) is 6.54. The number of tetrazole rings is 1. The number of aromatic nitrogens is 4. The normalized spacial score (nSPS) is 24.5. The zero-order valence-electron chi connectivity index (χ0n) is 10.6. The fourth-order valence-corrected chi connectivity index (χ4v) is 3.52. The van der Waals surface area contributed by atoms with Gasteiger partial charge in [0, 0.05) is 24.1 Å². The summed E-state index contributed by atoms with van der Waals surface area (Å²) in [7, 11) is 0. The van der Waals surface area contributed by atoms with Crippen LogP contribution in [0.15, 0.2) is 0 Å². The number of carboxylic acids is 1. The highest BCUT2D eigenvalue weighted by Crippen LogP contribution is 2.34. The van der Waals surface area contributed by atoms with E-state index in [0.29, 0.717) is 12.6 Å². The predicted molar refractivity (Wildman–Crippen MR) is 69.9 cm³/mol. The second-order valence-electron chi connectivity index (χ2n) is 5.07. The molecule has 8 heteroatoms. The highest BCUT2D eigenvalue weighted by molar-refractivity contribution is 7.99. The Morgan fingerprint density at radius 2 is 2.32 bits per heavy atom. The first-order chi connectivity index (χ1) is 9.24. The summed E-state index contributed by atoms with van der Waals surface area (Å²) in [5.41, 5.74) is 0. The summed E-state index contributed by atoms with van der Waals surface area (Å²) in [6.45, 7) is 1.56. The molecule has 1 atom stereocenters. The summed E-state index contributed by atoms with van der Waals surface area (Å²) < 4.78 is 1.90. The van der Waals surface area contributed by atoms with Gasteiger partial charge in [-0.05, 0) is 23.3 Å². The topological polar surface area (TPSA) is 84.1 Å². The smallest absolute Gasteiger partial charge is 0.304 e. The molecule has 0 amide bonds. The number of carboxylic acid groups (broad SMARTS) is 1. The Morgan fingerprint density at radius 3 is 3.05 bits per heavy atom. The van der Waals surface area contributed by atoms with E-state index in [1.54, 1.807) is 0 Å². The van der Waals surface area contributed by atoms with Crippen molar-refractivity contribution >= 4 is 17.7 Å². The molecule has 1 aliphatic carbocycles. The van der Waals surface area contributed by atoms with E-state index in [1.807, 2.05) is 16.4 Å². The molecule has 19 heavy (non-hydrogen) atoms. The number of nitrogens with zero attached hydrogens (tertiary/aromatic N) is 5. The molecule has 3 rings (SSSR count). The molecule has 0 radical (unpaired) electrons. The minimum Gasteiger partial charge on any atom is -0.481 e. The van der Waals surface area contributed by atoms with Crippen LogP contribution in [0, 0.1) is 0 Å². The van der Waals surface area contributed by atoms with E-state index in [1.165, 1.54) is 0 Å². The van der Waals surface area contributed by atoms with Gasteiger partial charge in [-0.2, -0.15) is 11.8 Å². The lowest BCUT2D eigenvalue weighted by Crippen LogP contribution is -2.43. The largest absolute Gasteiger partial charge is 0.481 e. The Morgan fingerprint density at radius 1 is 1.47 bits per heavy atom. The average molecular weight is 283 g/mol. The molecule has 0 bridgehead atoms. The highest BCUT2D eigenvalue weighted by atomic mass is 32.2. The molecule has 1 saturated heterocycles. The maximum Gasteiger partial charge on any atom is 0.304 e. The summed E-state index contributed by atoms with van der Waals surface area (Å²) in [4.78, 5) is 13.1. The first kappa shape index (κ1) is 12.9. The molecule has 1 unspecified atom stereocenters. The third kappa shape index (κ3) is 3.06. The molecule has 0 spiro atoms. The van der Waals surface area contributed by atoms with E-state index >= 15 is 0 Å². The summed E-state index contributed by atoms with van der Waals surface area (Å²) in [5, 5.41) is 20.9. The van der Waals surface area contributed by atoms with Crippen molar-refractivity contribution in [2.24, 2.45) is 0 Å². The van der Waals surface area contributed by atoms with Crippen LogP contribution < -0.4 is 0 Å². The molecule has 1 N–H and O–H groups in total. The molecule has 1 aromatic rings. The van der Waals surface area contributed by atoms with Gasteiger partial charge in [-0.1, -0.05) is 0 Å². The number of aliphatic carboxylic acids is 1. The summed E-state index contributed by atoms with van der Waals surface area (Å²) in [6, 6.07) is 0.544. The third-order valence-electron chi connectivity index (χ3n) is 3.56. The van der Waals surface area contributed by atoms with E-state index in [4.69, 9.17) is 5.11 Å². The highest BCUT2D eigenvalue weighted by Gasteiger charge is 2.31. The molecule has 7 nitrogen and oxygen atoms in total. The maximum atomic E-state index is 10.9. The fourth-order valence-electron chi connectivity index (χ4n) is 2.39. The lowest BCUT2D eigenvalue weighted by Gasteiger charge is -2.33. The van der Waals surface area contributed by atoms with E-state index in [9.17, 15) is 4.79 Å². The second kappa shape index (κ2) is 5.46. The van der Waals surface area contributed by atoms with Crippen molar-refractivity contribution < 1.29 is 9.90 Å². The lowest BCUT2D eigenvalue weighted by atomic mass is 10.2. The molecule has 2 fully saturated rings. The van der Waals surface area contributed by atoms with Crippen LogP contribution in [0.2, 0.25) is 0 Å². The number of hydrogen-bond donors (Lipinski definition) is 1. The fraction of sp³-hybridized carbons (Fsp3) is 0.818. The Hall–Kier alpha value is -1.15. The molecule has 2 heterocycles. The standard InChI is InChI=1S/C11H17N5O2S/c17-11(18)5-9-7-19-4-3-15(9)6-10-12-13-14-16(10)8-1-2-8/h8-9H,1-7H2,(H,17,18). The van der Waals surface area contributed by atoms with Gasteiger partial charge in [0.1, 0.15) is 0 Å². The van der Waals surface area contributed by atoms with Gasteiger partial charge in [-0.25, -0.2) is 4.68 Å². The third-order valence-corrected chi connectivity index (χ3v) is 4.65. The van der Waals surface area contributed by atoms with Crippen LogP contribution >= 0.6 is 11.8 Å². The van der Waals surface area contributed by atoms with Crippen molar-refractivity contribution in [1.29, 1.82) is 0 Å². The quantitative estimate of drug-likeness (QED) is 0.837. The predicted octanol–water partition coefficient (Wildman–Crippen LogP) is 0.400. The van der Waals surface area contributed by atoms with E-state index in [0.717, 1.165) is 36.7 Å². The van der Waals surface area contributed by atoms with Gasteiger partial charge in [-0.15, -0.1) is 5.10 Å². The van der Waals surface area contributed by atoms with Gasteiger partial charge in [0.15, 0.2) is 5.82 Å². The van der Waals surface area contributed by atoms with Crippen molar-refractivity contribution in [2.45, 2.75) is 37.9 Å². The molecular weight excluding hydrogens is 266 g/mol. The number of carbonyl (C=O) groups is 1. The van der Waals surface area contributed by atoms with Crippen molar-refractivity contribution in [2.75, 3.05) is 18.1 Å². The van der Waals surface area contributed by atoms with Crippen LogP contribution in [0.25, 0.3) is 0 Å². The van der Waals surface area contributed by atoms with Gasteiger partial charge in [0.25, 0.3) is 0 Å². The Labute approximate surface area is 115 Å². The van der Waals surface area contributed by atoms with Crippen LogP contribution in [-0.2, 0) is 11.3 Å². The monoisotopic (exact) mass is 283 g/mol. The number of rotatable bonds is 5. The first-order valence-corrected chi connectivity index (χ1v) is 7.70. The van der Waals surface area contributed by atoms with Gasteiger partial charge >= 0.3 is 5.97 Å². The van der Waals surface area contributed by atoms with Crippen LogP contribution in [0.1, 0.15) is 31.1 Å². The summed E-state index contributed by atoms with van der Waals surface area (Å²) >= 11 is 1.82. The van der Waals surface area contributed by atoms with Crippen molar-refractivity contribution in [3.8, 4) is 0 Å². The van der Waals surface area contributed by atoms with Crippen molar-refractivity contribution in [3.05, 3.63) is 5.82 Å². The SMILES string of the molecule is O=C(O)CC1CSCCN1Cc1nnnn1C1CC1. The van der Waals surface area contributed by atoms with Crippen LogP contribution in [-0.4, -0.2) is 60.3 Å². The van der Waals surface area contributed by atoms with Crippen LogP contribution in [0.4, 0.5) is 0 Å². The zero-order valence-corrected chi connectivity index (χ0v) is 11.4. The molecular formula is C11H17N5O2S. The van der Waals surface area contributed by atoms with Gasteiger partial charge in [0.05, 0.1) is 19.0 Å². The van der Waals surface area contributed by atoms with Crippen LogP contribution in [0.5, 0.6) is 0 Å². The van der Waals surface area contributed by atoms with Gasteiger partial charge in [0.2, 0.25) is 0 Å². The van der Waals surface area contributed by atoms with Gasteiger partial charge in [-0.3, -0.25) is 9.69 Å². The molecule has 1 aliphatic heterocycles.